The van der Waals surface area contributed by atoms with E-state index in [9.17, 15) is 14.7 Å². The zero-order valence-electron chi connectivity index (χ0n) is 9.16. The molecular weight excluding hydrogens is 212 g/mol. The molecule has 6 nitrogen and oxygen atoms in total. The van der Waals surface area contributed by atoms with Gasteiger partial charge in [-0.15, -0.1) is 0 Å². The molecule has 6 heteroatoms. The Morgan fingerprint density at radius 2 is 1.94 bits per heavy atom. The van der Waals surface area contributed by atoms with Gasteiger partial charge in [0.15, 0.2) is 0 Å². The summed E-state index contributed by atoms with van der Waals surface area (Å²) in [7, 11) is 0. The molecule has 0 spiro atoms. The quantitative estimate of drug-likeness (QED) is 0.482. The molecule has 1 aliphatic rings. The standard InChI is InChI=1S/C10H18N2O4/c13-6-5-12-8(14)7-10(9(15)16)1-3-11-4-2-10/h11,13H,1-7H2,(H,12,14)(H,15,16). The third-order valence-corrected chi connectivity index (χ3v) is 2.95. The predicted molar refractivity (Wildman–Crippen MR) is 56.9 cm³/mol. The van der Waals surface area contributed by atoms with Crippen LogP contribution >= 0.6 is 0 Å². The lowest BCUT2D eigenvalue weighted by atomic mass is 9.76. The fraction of sp³-hybridized carbons (Fsp3) is 0.800. The summed E-state index contributed by atoms with van der Waals surface area (Å²) in [4.78, 5) is 22.7. The second kappa shape index (κ2) is 5.81. The number of carboxylic acid groups (broad SMARTS) is 1. The van der Waals surface area contributed by atoms with Crippen molar-refractivity contribution < 1.29 is 19.8 Å². The second-order valence-corrected chi connectivity index (χ2v) is 4.09. The van der Waals surface area contributed by atoms with Crippen LogP contribution in [0.15, 0.2) is 0 Å². The number of nitrogens with one attached hydrogen (secondary N) is 2. The van der Waals surface area contributed by atoms with Crippen LogP contribution in [0, 0.1) is 5.41 Å². The maximum Gasteiger partial charge on any atom is 0.310 e. The Morgan fingerprint density at radius 3 is 2.44 bits per heavy atom. The molecule has 0 radical (unpaired) electrons. The van der Waals surface area contributed by atoms with E-state index in [4.69, 9.17) is 5.11 Å². The molecule has 0 aliphatic carbocycles. The van der Waals surface area contributed by atoms with Gasteiger partial charge in [0.05, 0.1) is 12.0 Å². The fourth-order valence-corrected chi connectivity index (χ4v) is 1.94. The van der Waals surface area contributed by atoms with Gasteiger partial charge in [0.1, 0.15) is 0 Å². The predicted octanol–water partition coefficient (Wildman–Crippen LogP) is -1.06. The van der Waals surface area contributed by atoms with Gasteiger partial charge in [-0.05, 0) is 25.9 Å². The zero-order chi connectivity index (χ0) is 12.0. The third-order valence-electron chi connectivity index (χ3n) is 2.95. The van der Waals surface area contributed by atoms with Crippen molar-refractivity contribution in [2.45, 2.75) is 19.3 Å². The number of hydrogen-bond acceptors (Lipinski definition) is 4. The van der Waals surface area contributed by atoms with E-state index in [0.29, 0.717) is 25.9 Å². The number of piperidine rings is 1. The lowest BCUT2D eigenvalue weighted by molar-refractivity contribution is -0.153. The molecule has 1 saturated heterocycles. The zero-order valence-corrected chi connectivity index (χ0v) is 9.16. The summed E-state index contributed by atoms with van der Waals surface area (Å²) in [5.74, 6) is -1.22. The number of carboxylic acids is 1. The highest BCUT2D eigenvalue weighted by Crippen LogP contribution is 2.32. The average Bonchev–Trinajstić information content (AvgIpc) is 2.27. The Morgan fingerprint density at radius 1 is 1.31 bits per heavy atom. The minimum atomic E-state index is -0.940. The average molecular weight is 230 g/mol. The smallest absolute Gasteiger partial charge is 0.310 e. The van der Waals surface area contributed by atoms with Crippen LogP contribution in [0.1, 0.15) is 19.3 Å². The number of carbonyl (C=O) groups is 2. The van der Waals surface area contributed by atoms with E-state index >= 15 is 0 Å². The molecule has 0 atom stereocenters. The first kappa shape index (κ1) is 12.9. The minimum absolute atomic E-state index is 0.00991. The summed E-state index contributed by atoms with van der Waals surface area (Å²) < 4.78 is 0. The van der Waals surface area contributed by atoms with E-state index < -0.39 is 11.4 Å². The minimum Gasteiger partial charge on any atom is -0.481 e. The molecule has 1 aliphatic heterocycles. The molecule has 4 N–H and O–H groups in total. The fourth-order valence-electron chi connectivity index (χ4n) is 1.94. The van der Waals surface area contributed by atoms with Crippen molar-refractivity contribution >= 4 is 11.9 Å². The Bertz CT molecular complexity index is 262. The van der Waals surface area contributed by atoms with E-state index in [2.05, 4.69) is 10.6 Å². The van der Waals surface area contributed by atoms with Crippen LogP contribution < -0.4 is 10.6 Å². The number of hydrogen-bond donors (Lipinski definition) is 4. The first-order chi connectivity index (χ1) is 7.60. The molecule has 0 aromatic rings. The van der Waals surface area contributed by atoms with Gasteiger partial charge >= 0.3 is 5.97 Å². The summed E-state index contributed by atoms with van der Waals surface area (Å²) in [5.41, 5.74) is -0.940. The number of aliphatic carboxylic acids is 1. The van der Waals surface area contributed by atoms with Crippen LogP contribution in [-0.2, 0) is 9.59 Å². The number of carbonyl (C=O) groups excluding carboxylic acids is 1. The van der Waals surface area contributed by atoms with Crippen molar-refractivity contribution in [3.05, 3.63) is 0 Å². The molecule has 1 fully saturated rings. The van der Waals surface area contributed by atoms with Crippen LogP contribution in [0.25, 0.3) is 0 Å². The van der Waals surface area contributed by atoms with Gasteiger partial charge in [-0.1, -0.05) is 0 Å². The number of aliphatic hydroxyl groups is 1. The first-order valence-corrected chi connectivity index (χ1v) is 5.42. The molecule has 1 rings (SSSR count). The lowest BCUT2D eigenvalue weighted by Gasteiger charge is -2.32. The number of rotatable bonds is 5. The van der Waals surface area contributed by atoms with Crippen molar-refractivity contribution in [3.63, 3.8) is 0 Å². The van der Waals surface area contributed by atoms with Gasteiger partial charge in [0, 0.05) is 13.0 Å². The normalized spacial score (nSPS) is 19.1. The van der Waals surface area contributed by atoms with Crippen LogP contribution in [0.5, 0.6) is 0 Å². The second-order valence-electron chi connectivity index (χ2n) is 4.09. The molecule has 0 unspecified atom stereocenters. The van der Waals surface area contributed by atoms with Crippen molar-refractivity contribution in [3.8, 4) is 0 Å². The topological polar surface area (TPSA) is 98.7 Å². The van der Waals surface area contributed by atoms with Gasteiger partial charge < -0.3 is 20.8 Å². The molecule has 1 heterocycles. The summed E-state index contributed by atoms with van der Waals surface area (Å²) in [6, 6.07) is 0. The van der Waals surface area contributed by atoms with Crippen LogP contribution in [0.3, 0.4) is 0 Å². The van der Waals surface area contributed by atoms with E-state index in [1.54, 1.807) is 0 Å². The van der Waals surface area contributed by atoms with Crippen LogP contribution in [0.2, 0.25) is 0 Å². The summed E-state index contributed by atoms with van der Waals surface area (Å²) in [6.07, 6.45) is 0.924. The Labute approximate surface area is 94.0 Å². The summed E-state index contributed by atoms with van der Waals surface area (Å²) in [5, 5.41) is 23.3. The monoisotopic (exact) mass is 230 g/mol. The molecule has 92 valence electrons. The molecular formula is C10H18N2O4. The van der Waals surface area contributed by atoms with Crippen molar-refractivity contribution in [1.29, 1.82) is 0 Å². The SMILES string of the molecule is O=C(CC1(C(=O)O)CCNCC1)NCCO. The third kappa shape index (κ3) is 3.18. The van der Waals surface area contributed by atoms with E-state index in [-0.39, 0.29) is 25.5 Å². The highest BCUT2D eigenvalue weighted by atomic mass is 16.4. The van der Waals surface area contributed by atoms with Crippen molar-refractivity contribution in [1.82, 2.24) is 10.6 Å². The van der Waals surface area contributed by atoms with Crippen molar-refractivity contribution in [2.75, 3.05) is 26.2 Å². The maximum atomic E-state index is 11.5. The van der Waals surface area contributed by atoms with Crippen LogP contribution in [-0.4, -0.2) is 48.3 Å². The number of aliphatic hydroxyl groups excluding tert-OH is 1. The van der Waals surface area contributed by atoms with Crippen LogP contribution in [0.4, 0.5) is 0 Å². The highest BCUT2D eigenvalue weighted by molar-refractivity contribution is 5.85. The molecule has 16 heavy (non-hydrogen) atoms. The Kier molecular flexibility index (Phi) is 4.70. The molecule has 0 aromatic heterocycles. The van der Waals surface area contributed by atoms with Gasteiger partial charge in [-0.3, -0.25) is 9.59 Å². The summed E-state index contributed by atoms with van der Waals surface area (Å²) in [6.45, 7) is 1.29. The maximum absolute atomic E-state index is 11.5. The summed E-state index contributed by atoms with van der Waals surface area (Å²) >= 11 is 0. The van der Waals surface area contributed by atoms with Gasteiger partial charge in [-0.2, -0.15) is 0 Å². The molecule has 0 aromatic carbocycles. The molecule has 0 saturated carbocycles. The van der Waals surface area contributed by atoms with E-state index in [1.165, 1.54) is 0 Å². The Hall–Kier alpha value is -1.14. The van der Waals surface area contributed by atoms with Gasteiger partial charge in [0.2, 0.25) is 5.91 Å². The highest BCUT2D eigenvalue weighted by Gasteiger charge is 2.41. The van der Waals surface area contributed by atoms with Crippen molar-refractivity contribution in [2.24, 2.45) is 5.41 Å². The largest absolute Gasteiger partial charge is 0.481 e. The van der Waals surface area contributed by atoms with Gasteiger partial charge in [-0.25, -0.2) is 0 Å². The lowest BCUT2D eigenvalue weighted by Crippen LogP contribution is -2.45. The molecule has 0 bridgehead atoms. The molecule has 1 amide bonds. The van der Waals surface area contributed by atoms with Gasteiger partial charge in [0.25, 0.3) is 0 Å². The van der Waals surface area contributed by atoms with E-state index in [1.807, 2.05) is 0 Å². The number of amides is 1. The van der Waals surface area contributed by atoms with E-state index in [0.717, 1.165) is 0 Å². The Balaban J connectivity index is 2.56. The first-order valence-electron chi connectivity index (χ1n) is 5.42.